The minimum absolute atomic E-state index is 0. The van der Waals surface area contributed by atoms with Crippen molar-refractivity contribution in [1.82, 2.24) is 14.6 Å². The highest BCUT2D eigenvalue weighted by atomic mass is 35.5. The molecule has 0 saturated carbocycles. The van der Waals surface area contributed by atoms with E-state index in [0.717, 1.165) is 17.6 Å². The van der Waals surface area contributed by atoms with Crippen molar-refractivity contribution in [3.8, 4) is 0 Å². The summed E-state index contributed by atoms with van der Waals surface area (Å²) in [6, 6.07) is 36.1. The van der Waals surface area contributed by atoms with Crippen molar-refractivity contribution < 1.29 is 12.4 Å². The Morgan fingerprint density at radius 1 is 0.677 bits per heavy atom. The second-order valence-electron chi connectivity index (χ2n) is 7.15. The minimum Gasteiger partial charge on any atom is -1.00 e. The number of fused-ring (bicyclic) bond motifs is 1. The molecule has 3 nitrogen and oxygen atoms in total. The predicted molar refractivity (Wildman–Crippen MR) is 127 cm³/mol. The predicted octanol–water partition coefficient (Wildman–Crippen LogP) is 1.88. The van der Waals surface area contributed by atoms with Crippen LogP contribution in [0, 0.1) is 0 Å². The number of pyridine rings is 1. The molecule has 6 heteroatoms. The van der Waals surface area contributed by atoms with Crippen molar-refractivity contribution in [2.45, 2.75) is 6.16 Å². The van der Waals surface area contributed by atoms with Gasteiger partial charge in [-0.2, -0.15) is 0 Å². The van der Waals surface area contributed by atoms with Gasteiger partial charge in [0.2, 0.25) is 0 Å². The number of rotatable bonds is 5. The Balaban J connectivity index is 0.00000231. The first-order valence-electron chi connectivity index (χ1n) is 9.81. The van der Waals surface area contributed by atoms with Gasteiger partial charge in [0, 0.05) is 6.20 Å². The molecule has 31 heavy (non-hydrogen) atoms. The van der Waals surface area contributed by atoms with Gasteiger partial charge < -0.3 is 12.4 Å². The maximum atomic E-state index is 6.17. The molecule has 5 rings (SSSR count). The summed E-state index contributed by atoms with van der Waals surface area (Å²) < 4.78 is 1.77. The Bertz CT molecular complexity index is 1180. The molecule has 2 heterocycles. The molecule has 0 saturated heterocycles. The zero-order valence-electron chi connectivity index (χ0n) is 16.6. The lowest BCUT2D eigenvalue weighted by Crippen LogP contribution is -3.00. The molecule has 0 spiro atoms. The van der Waals surface area contributed by atoms with Gasteiger partial charge in [-0.1, -0.05) is 66.2 Å². The van der Waals surface area contributed by atoms with E-state index < -0.39 is 7.26 Å². The summed E-state index contributed by atoms with van der Waals surface area (Å²) in [5.41, 5.74) is 0.807. The average Bonchev–Trinajstić information content (AvgIpc) is 3.20. The highest BCUT2D eigenvalue weighted by molar-refractivity contribution is 7.95. The van der Waals surface area contributed by atoms with Gasteiger partial charge in [-0.25, -0.2) is 9.50 Å². The van der Waals surface area contributed by atoms with Crippen LogP contribution in [0.15, 0.2) is 109 Å². The van der Waals surface area contributed by atoms with Crippen LogP contribution in [0.2, 0.25) is 5.02 Å². The topological polar surface area (TPSA) is 30.2 Å². The van der Waals surface area contributed by atoms with Gasteiger partial charge in [0.1, 0.15) is 29.3 Å². The fourth-order valence-corrected chi connectivity index (χ4v) is 8.15. The minimum atomic E-state index is -2.01. The molecular weight excluding hydrogens is 444 g/mol. The molecule has 154 valence electrons. The van der Waals surface area contributed by atoms with Crippen molar-refractivity contribution in [3.05, 3.63) is 120 Å². The van der Waals surface area contributed by atoms with Gasteiger partial charge in [0.25, 0.3) is 0 Å². The molecule has 0 amide bonds. The molecule has 0 N–H and O–H groups in total. The van der Waals surface area contributed by atoms with Crippen LogP contribution in [0.3, 0.4) is 0 Å². The van der Waals surface area contributed by atoms with Gasteiger partial charge in [-0.3, -0.25) is 0 Å². The van der Waals surface area contributed by atoms with E-state index in [-0.39, 0.29) is 12.4 Å². The van der Waals surface area contributed by atoms with E-state index >= 15 is 0 Å². The van der Waals surface area contributed by atoms with Gasteiger partial charge in [-0.15, -0.1) is 5.10 Å². The Kier molecular flexibility index (Phi) is 6.38. The zero-order valence-corrected chi connectivity index (χ0v) is 19.1. The van der Waals surface area contributed by atoms with Gasteiger partial charge >= 0.3 is 0 Å². The van der Waals surface area contributed by atoms with Gasteiger partial charge in [-0.05, 0) is 48.5 Å². The van der Waals surface area contributed by atoms with E-state index in [0.29, 0.717) is 5.02 Å². The summed E-state index contributed by atoms with van der Waals surface area (Å²) in [5, 5.41) is 9.39. The molecule has 0 aliphatic rings. The zero-order chi connectivity index (χ0) is 20.4. The lowest BCUT2D eigenvalue weighted by atomic mass is 10.4. The Labute approximate surface area is 193 Å². The van der Waals surface area contributed by atoms with Crippen LogP contribution in [0.4, 0.5) is 0 Å². The molecule has 0 unspecified atom stereocenters. The summed E-state index contributed by atoms with van der Waals surface area (Å²) >= 11 is 6.17. The van der Waals surface area contributed by atoms with E-state index in [4.69, 9.17) is 21.7 Å². The number of hydrogen-bond acceptors (Lipinski definition) is 2. The van der Waals surface area contributed by atoms with Crippen LogP contribution in [0.25, 0.3) is 5.65 Å². The number of hydrogen-bond donors (Lipinski definition) is 0. The molecule has 0 aliphatic heterocycles. The molecule has 0 atom stereocenters. The Morgan fingerprint density at radius 3 is 1.65 bits per heavy atom. The molecule has 2 aromatic heterocycles. The second-order valence-corrected chi connectivity index (χ2v) is 11.1. The van der Waals surface area contributed by atoms with E-state index in [1.165, 1.54) is 15.9 Å². The average molecular weight is 464 g/mol. The summed E-state index contributed by atoms with van der Waals surface area (Å²) in [4.78, 5) is 4.84. The fraction of sp³-hybridized carbons (Fsp3) is 0.0400. The Morgan fingerprint density at radius 2 is 1.16 bits per heavy atom. The van der Waals surface area contributed by atoms with Gasteiger partial charge in [0.15, 0.2) is 11.5 Å². The third-order valence-corrected chi connectivity index (χ3v) is 9.83. The quantitative estimate of drug-likeness (QED) is 0.372. The second kappa shape index (κ2) is 9.20. The van der Waals surface area contributed by atoms with Gasteiger partial charge in [0.05, 0.1) is 5.02 Å². The highest BCUT2D eigenvalue weighted by Crippen LogP contribution is 2.57. The number of aromatic nitrogens is 3. The maximum absolute atomic E-state index is 6.17. The van der Waals surface area contributed by atoms with E-state index in [1.807, 2.05) is 12.1 Å². The lowest BCUT2D eigenvalue weighted by Gasteiger charge is -2.26. The molecule has 0 bridgehead atoms. The third kappa shape index (κ3) is 4.09. The molecular formula is C25H20Cl2N3P. The highest BCUT2D eigenvalue weighted by Gasteiger charge is 2.46. The summed E-state index contributed by atoms with van der Waals surface area (Å²) in [6.07, 6.45) is 2.55. The van der Waals surface area contributed by atoms with E-state index in [9.17, 15) is 0 Å². The largest absolute Gasteiger partial charge is 1.00 e. The molecule has 0 aliphatic carbocycles. The standard InChI is InChI=1S/C25H20ClN3P.ClH/c26-20-16-17-25-27-24(28-29(25)18-20)19-30(21-10-4-1-5-11-21,22-12-6-2-7-13-22)23-14-8-3-9-15-23;/h1-18H,19H2;1H/q+1;/p-1. The third-order valence-electron chi connectivity index (χ3n) is 5.31. The van der Waals surface area contributed by atoms with Crippen molar-refractivity contribution in [2.24, 2.45) is 0 Å². The summed E-state index contributed by atoms with van der Waals surface area (Å²) in [6.45, 7) is 0. The molecule has 0 fully saturated rings. The molecule has 5 aromatic rings. The molecule has 0 radical (unpaired) electrons. The van der Waals surface area contributed by atoms with Crippen molar-refractivity contribution in [3.63, 3.8) is 0 Å². The van der Waals surface area contributed by atoms with Crippen LogP contribution >= 0.6 is 18.9 Å². The smallest absolute Gasteiger partial charge is 0.190 e. The van der Waals surface area contributed by atoms with Crippen LogP contribution in [-0.4, -0.2) is 14.6 Å². The first-order valence-corrected chi connectivity index (χ1v) is 12.2. The van der Waals surface area contributed by atoms with Crippen molar-refractivity contribution >= 4 is 40.4 Å². The molecule has 3 aromatic carbocycles. The lowest BCUT2D eigenvalue weighted by molar-refractivity contribution is -0.00000594. The van der Waals surface area contributed by atoms with Crippen molar-refractivity contribution in [1.29, 1.82) is 0 Å². The number of nitrogens with zero attached hydrogens (tertiary/aromatic N) is 3. The number of benzene rings is 3. The fourth-order valence-electron chi connectivity index (χ4n) is 3.95. The Hall–Kier alpha value is -2.71. The van der Waals surface area contributed by atoms with E-state index in [2.05, 4.69) is 91.0 Å². The SMILES string of the molecule is Clc1ccc2nc(C[P+](c3ccccc3)(c3ccccc3)c3ccccc3)nn2c1.[Cl-]. The normalized spacial score (nSPS) is 11.3. The first-order chi connectivity index (χ1) is 14.8. The maximum Gasteiger partial charge on any atom is 0.190 e. The van der Waals surface area contributed by atoms with Crippen LogP contribution < -0.4 is 28.3 Å². The van der Waals surface area contributed by atoms with Crippen LogP contribution in [-0.2, 0) is 6.16 Å². The van der Waals surface area contributed by atoms with E-state index in [1.54, 1.807) is 10.7 Å². The monoisotopic (exact) mass is 463 g/mol. The van der Waals surface area contributed by atoms with Crippen LogP contribution in [0.1, 0.15) is 5.82 Å². The summed E-state index contributed by atoms with van der Waals surface area (Å²) in [5.74, 6) is 0.821. The first kappa shape index (κ1) is 21.5. The van der Waals surface area contributed by atoms with Crippen molar-refractivity contribution in [2.75, 3.05) is 0 Å². The number of halogens is 2. The summed E-state index contributed by atoms with van der Waals surface area (Å²) in [7, 11) is -2.01. The van der Waals surface area contributed by atoms with Crippen LogP contribution in [0.5, 0.6) is 0 Å².